The van der Waals surface area contributed by atoms with E-state index in [4.69, 9.17) is 10.5 Å². The second-order valence-corrected chi connectivity index (χ2v) is 4.50. The maximum Gasteiger partial charge on any atom is 0.0671 e. The van der Waals surface area contributed by atoms with Crippen molar-refractivity contribution in [3.63, 3.8) is 0 Å². The third-order valence-electron chi connectivity index (χ3n) is 3.48. The Kier molecular flexibility index (Phi) is 4.15. The molecule has 17 heavy (non-hydrogen) atoms. The summed E-state index contributed by atoms with van der Waals surface area (Å²) in [7, 11) is 1.74. The number of aryl methyl sites for hydroxylation is 1. The molecule has 2 unspecified atom stereocenters. The molecule has 1 aromatic rings. The first-order chi connectivity index (χ1) is 8.27. The summed E-state index contributed by atoms with van der Waals surface area (Å²) in [5, 5.41) is 4.33. The summed E-state index contributed by atoms with van der Waals surface area (Å²) in [6, 6.07) is 2.57. The summed E-state index contributed by atoms with van der Waals surface area (Å²) in [6.07, 6.45) is 2.90. The topological polar surface area (TPSA) is 56.3 Å². The van der Waals surface area contributed by atoms with Crippen molar-refractivity contribution >= 4 is 0 Å². The lowest BCUT2D eigenvalue weighted by Crippen LogP contribution is -2.35. The summed E-state index contributed by atoms with van der Waals surface area (Å²) in [4.78, 5) is 2.40. The van der Waals surface area contributed by atoms with Gasteiger partial charge in [0.15, 0.2) is 0 Å². The molecule has 5 heteroatoms. The van der Waals surface area contributed by atoms with Crippen LogP contribution in [0.5, 0.6) is 0 Å². The van der Waals surface area contributed by atoms with Crippen molar-refractivity contribution in [3.8, 4) is 0 Å². The lowest BCUT2D eigenvalue weighted by molar-refractivity contribution is 0.136. The van der Waals surface area contributed by atoms with Gasteiger partial charge >= 0.3 is 0 Å². The first-order valence-corrected chi connectivity index (χ1v) is 6.28. The molecule has 1 saturated heterocycles. The fourth-order valence-electron chi connectivity index (χ4n) is 2.61. The monoisotopic (exact) mass is 238 g/mol. The number of ether oxygens (including phenoxy) is 1. The summed E-state index contributed by atoms with van der Waals surface area (Å²) >= 11 is 0. The first kappa shape index (κ1) is 12.5. The summed E-state index contributed by atoms with van der Waals surface area (Å²) in [5.41, 5.74) is 7.46. The van der Waals surface area contributed by atoms with Crippen molar-refractivity contribution < 1.29 is 4.74 Å². The average Bonchev–Trinajstić information content (AvgIpc) is 2.92. The molecule has 1 aromatic heterocycles. The van der Waals surface area contributed by atoms with Gasteiger partial charge in [0.1, 0.15) is 0 Å². The number of aromatic nitrogens is 2. The van der Waals surface area contributed by atoms with E-state index < -0.39 is 0 Å². The van der Waals surface area contributed by atoms with Gasteiger partial charge in [0, 0.05) is 39.0 Å². The molecule has 0 aliphatic carbocycles. The van der Waals surface area contributed by atoms with Gasteiger partial charge in [-0.3, -0.25) is 9.58 Å². The van der Waals surface area contributed by atoms with Gasteiger partial charge in [-0.15, -0.1) is 0 Å². The van der Waals surface area contributed by atoms with Crippen LogP contribution in [0, 0.1) is 0 Å². The molecule has 0 aromatic carbocycles. The fourth-order valence-corrected chi connectivity index (χ4v) is 2.61. The molecule has 1 aliphatic rings. The molecule has 0 saturated carbocycles. The Morgan fingerprint density at radius 2 is 2.41 bits per heavy atom. The second kappa shape index (κ2) is 5.62. The molecule has 1 aliphatic heterocycles. The summed E-state index contributed by atoms with van der Waals surface area (Å²) in [6.45, 7) is 5.73. The number of hydrogen-bond donors (Lipinski definition) is 1. The van der Waals surface area contributed by atoms with E-state index >= 15 is 0 Å². The predicted octanol–water partition coefficient (Wildman–Crippen LogP) is 0.624. The highest BCUT2D eigenvalue weighted by Crippen LogP contribution is 2.30. The molecule has 2 N–H and O–H groups in total. The molecule has 2 rings (SSSR count). The van der Waals surface area contributed by atoms with Crippen molar-refractivity contribution in [1.29, 1.82) is 0 Å². The summed E-state index contributed by atoms with van der Waals surface area (Å²) < 4.78 is 7.19. The minimum Gasteiger partial charge on any atom is -0.383 e. The van der Waals surface area contributed by atoms with Crippen molar-refractivity contribution in [1.82, 2.24) is 14.7 Å². The van der Waals surface area contributed by atoms with Gasteiger partial charge in [0.05, 0.1) is 18.3 Å². The molecular formula is C12H22N4O. The Labute approximate surface area is 103 Å². The molecular weight excluding hydrogens is 216 g/mol. The van der Waals surface area contributed by atoms with Gasteiger partial charge in [-0.25, -0.2) is 0 Å². The molecule has 5 nitrogen and oxygen atoms in total. The zero-order chi connectivity index (χ0) is 12.3. The number of likely N-dealkylation sites (tertiary alicyclic amines) is 1. The Bertz CT molecular complexity index is 352. The highest BCUT2D eigenvalue weighted by molar-refractivity contribution is 5.13. The SMILES string of the molecule is CCn1nccc1C1C(N)CCN1CCOC. The number of methoxy groups -OCH3 is 1. The van der Waals surface area contributed by atoms with Gasteiger partial charge in [-0.1, -0.05) is 0 Å². The van der Waals surface area contributed by atoms with E-state index in [1.807, 2.05) is 10.9 Å². The van der Waals surface area contributed by atoms with Crippen molar-refractivity contribution in [2.24, 2.45) is 5.73 Å². The minimum absolute atomic E-state index is 0.203. The van der Waals surface area contributed by atoms with Gasteiger partial charge in [-0.05, 0) is 19.4 Å². The molecule has 0 spiro atoms. The lowest BCUT2D eigenvalue weighted by atomic mass is 10.1. The van der Waals surface area contributed by atoms with E-state index in [-0.39, 0.29) is 12.1 Å². The fraction of sp³-hybridized carbons (Fsp3) is 0.750. The first-order valence-electron chi connectivity index (χ1n) is 6.28. The van der Waals surface area contributed by atoms with Gasteiger partial charge in [-0.2, -0.15) is 5.10 Å². The standard InChI is InChI=1S/C12H22N4O/c1-3-16-11(4-6-14-16)12-10(13)5-7-15(12)8-9-17-2/h4,6,10,12H,3,5,7-9,13H2,1-2H3. The van der Waals surface area contributed by atoms with Crippen LogP contribution in [-0.2, 0) is 11.3 Å². The molecule has 2 atom stereocenters. The summed E-state index contributed by atoms with van der Waals surface area (Å²) in [5.74, 6) is 0. The number of hydrogen-bond acceptors (Lipinski definition) is 4. The molecule has 0 bridgehead atoms. The van der Waals surface area contributed by atoms with Crippen LogP contribution in [0.25, 0.3) is 0 Å². The van der Waals surface area contributed by atoms with Gasteiger partial charge < -0.3 is 10.5 Å². The van der Waals surface area contributed by atoms with Crippen molar-refractivity contribution in [3.05, 3.63) is 18.0 Å². The minimum atomic E-state index is 0.203. The number of rotatable bonds is 5. The Balaban J connectivity index is 2.15. The normalized spacial score (nSPS) is 25.6. The third kappa shape index (κ3) is 2.51. The van der Waals surface area contributed by atoms with Gasteiger partial charge in [0.25, 0.3) is 0 Å². The lowest BCUT2D eigenvalue weighted by Gasteiger charge is -2.26. The van der Waals surface area contributed by atoms with Crippen LogP contribution in [0.3, 0.4) is 0 Å². The highest BCUT2D eigenvalue weighted by Gasteiger charge is 2.34. The second-order valence-electron chi connectivity index (χ2n) is 4.50. The van der Waals surface area contributed by atoms with Crippen LogP contribution in [0.4, 0.5) is 0 Å². The maximum atomic E-state index is 6.23. The average molecular weight is 238 g/mol. The van der Waals surface area contributed by atoms with E-state index in [0.29, 0.717) is 0 Å². The zero-order valence-electron chi connectivity index (χ0n) is 10.7. The van der Waals surface area contributed by atoms with Crippen LogP contribution >= 0.6 is 0 Å². The number of nitrogens with zero attached hydrogens (tertiary/aromatic N) is 3. The Morgan fingerprint density at radius 1 is 1.59 bits per heavy atom. The highest BCUT2D eigenvalue weighted by atomic mass is 16.5. The smallest absolute Gasteiger partial charge is 0.0671 e. The van der Waals surface area contributed by atoms with Crippen LogP contribution in [0.15, 0.2) is 12.3 Å². The Hall–Kier alpha value is -0.910. The van der Waals surface area contributed by atoms with Crippen LogP contribution in [0.2, 0.25) is 0 Å². The van der Waals surface area contributed by atoms with Crippen LogP contribution < -0.4 is 5.73 Å². The maximum absolute atomic E-state index is 6.23. The molecule has 0 amide bonds. The third-order valence-corrected chi connectivity index (χ3v) is 3.48. The van der Waals surface area contributed by atoms with Crippen molar-refractivity contribution in [2.45, 2.75) is 32.0 Å². The van der Waals surface area contributed by atoms with E-state index in [2.05, 4.69) is 23.0 Å². The predicted molar refractivity (Wildman–Crippen MR) is 66.7 cm³/mol. The zero-order valence-corrected chi connectivity index (χ0v) is 10.7. The van der Waals surface area contributed by atoms with Crippen LogP contribution in [0.1, 0.15) is 25.1 Å². The molecule has 1 fully saturated rings. The number of nitrogens with two attached hydrogens (primary N) is 1. The molecule has 0 radical (unpaired) electrons. The van der Waals surface area contributed by atoms with Crippen LogP contribution in [-0.4, -0.2) is 47.5 Å². The quantitative estimate of drug-likeness (QED) is 0.817. The van der Waals surface area contributed by atoms with E-state index in [1.165, 1.54) is 5.69 Å². The van der Waals surface area contributed by atoms with E-state index in [1.54, 1.807) is 7.11 Å². The Morgan fingerprint density at radius 3 is 3.12 bits per heavy atom. The molecule has 96 valence electrons. The largest absolute Gasteiger partial charge is 0.383 e. The van der Waals surface area contributed by atoms with E-state index in [9.17, 15) is 0 Å². The van der Waals surface area contributed by atoms with Crippen molar-refractivity contribution in [2.75, 3.05) is 26.8 Å². The molecule has 2 heterocycles. The van der Waals surface area contributed by atoms with Gasteiger partial charge in [0.2, 0.25) is 0 Å². The van der Waals surface area contributed by atoms with E-state index in [0.717, 1.165) is 32.7 Å².